The van der Waals surface area contributed by atoms with Crippen molar-refractivity contribution in [1.29, 1.82) is 0 Å². The molecule has 28 heavy (non-hydrogen) atoms. The van der Waals surface area contributed by atoms with E-state index in [2.05, 4.69) is 4.98 Å². The zero-order valence-corrected chi connectivity index (χ0v) is 16.1. The third kappa shape index (κ3) is 4.08. The summed E-state index contributed by atoms with van der Waals surface area (Å²) >= 11 is 0. The van der Waals surface area contributed by atoms with E-state index in [0.29, 0.717) is 5.75 Å². The summed E-state index contributed by atoms with van der Waals surface area (Å²) in [6.07, 6.45) is 5.35. The molecule has 140 valence electrons. The van der Waals surface area contributed by atoms with Gasteiger partial charge in [-0.25, -0.2) is 13.4 Å². The van der Waals surface area contributed by atoms with E-state index in [1.165, 1.54) is 12.1 Å². The molecule has 0 amide bonds. The van der Waals surface area contributed by atoms with Crippen molar-refractivity contribution in [1.82, 2.24) is 9.55 Å². The summed E-state index contributed by atoms with van der Waals surface area (Å²) in [5.41, 5.74) is 2.84. The predicted octanol–water partition coefficient (Wildman–Crippen LogP) is 5.26. The lowest BCUT2D eigenvalue weighted by Crippen LogP contribution is -1.90. The van der Waals surface area contributed by atoms with Gasteiger partial charge in [0, 0.05) is 28.8 Å². The second-order valence-corrected chi connectivity index (χ2v) is 8.62. The van der Waals surface area contributed by atoms with Crippen LogP contribution in [0.3, 0.4) is 0 Å². The minimum Gasteiger partial charge on any atom is -0.457 e. The summed E-state index contributed by atoms with van der Waals surface area (Å²) in [6, 6.07) is 21.7. The maximum atomic E-state index is 11.3. The Morgan fingerprint density at radius 2 is 1.32 bits per heavy atom. The van der Waals surface area contributed by atoms with E-state index in [1.807, 2.05) is 59.3 Å². The van der Waals surface area contributed by atoms with Crippen molar-refractivity contribution in [2.45, 2.75) is 4.90 Å². The molecular weight excluding hydrogens is 396 g/mol. The Bertz CT molecular complexity index is 1170. The highest BCUT2D eigenvalue weighted by Gasteiger charge is 2.09. The molecule has 1 aromatic heterocycles. The Labute approximate surface area is 167 Å². The number of nitrogens with zero attached hydrogens (tertiary/aromatic N) is 2. The summed E-state index contributed by atoms with van der Waals surface area (Å²) < 4.78 is 30.5. The van der Waals surface area contributed by atoms with Crippen LogP contribution < -0.4 is 4.74 Å². The average molecular weight is 411 g/mol. The minimum absolute atomic E-state index is 0.0806. The van der Waals surface area contributed by atoms with Crippen molar-refractivity contribution in [3.63, 3.8) is 0 Å². The number of rotatable bonds is 5. The molecule has 0 radical (unpaired) electrons. The quantitative estimate of drug-likeness (QED) is 0.421. The van der Waals surface area contributed by atoms with Gasteiger partial charge in [-0.05, 0) is 59.7 Å². The summed E-state index contributed by atoms with van der Waals surface area (Å²) in [7, 11) is 1.63. The SMILES string of the molecule is O=S(=O)(Cl)c1ccc(-c2ccc(Oc3ccc(-n4ccnc4)cc3)cc2)cc1. The molecule has 3 aromatic carbocycles. The number of ether oxygens (including phenoxy) is 1. The van der Waals surface area contributed by atoms with Gasteiger partial charge in [0.25, 0.3) is 9.05 Å². The van der Waals surface area contributed by atoms with E-state index < -0.39 is 9.05 Å². The van der Waals surface area contributed by atoms with E-state index in [1.54, 1.807) is 24.7 Å². The molecule has 0 saturated heterocycles. The second kappa shape index (κ2) is 7.50. The Kier molecular flexibility index (Phi) is 4.90. The molecule has 0 spiro atoms. The average Bonchev–Trinajstić information content (AvgIpc) is 3.23. The summed E-state index contributed by atoms with van der Waals surface area (Å²) in [6.45, 7) is 0. The number of halogens is 1. The molecule has 0 saturated carbocycles. The van der Waals surface area contributed by atoms with E-state index >= 15 is 0 Å². The number of benzene rings is 3. The molecule has 0 fully saturated rings. The first-order valence-electron chi connectivity index (χ1n) is 8.40. The molecule has 0 aliphatic carbocycles. The maximum Gasteiger partial charge on any atom is 0.261 e. The van der Waals surface area contributed by atoms with Crippen LogP contribution in [0.4, 0.5) is 0 Å². The van der Waals surface area contributed by atoms with Gasteiger partial charge in [-0.2, -0.15) is 0 Å². The van der Waals surface area contributed by atoms with Crippen LogP contribution >= 0.6 is 10.7 Å². The van der Waals surface area contributed by atoms with Gasteiger partial charge >= 0.3 is 0 Å². The van der Waals surface area contributed by atoms with Crippen LogP contribution in [0, 0.1) is 0 Å². The van der Waals surface area contributed by atoms with Gasteiger partial charge in [0.1, 0.15) is 11.5 Å². The molecule has 0 aliphatic heterocycles. The standard InChI is InChI=1S/C21H15ClN2O3S/c22-28(25,26)21-11-3-17(4-12-21)16-1-7-19(8-2-16)27-20-9-5-18(6-10-20)24-14-13-23-15-24/h1-15H. The number of imidazole rings is 1. The monoisotopic (exact) mass is 410 g/mol. The molecule has 0 unspecified atom stereocenters. The predicted molar refractivity (Wildman–Crippen MR) is 109 cm³/mol. The van der Waals surface area contributed by atoms with Gasteiger partial charge in [-0.3, -0.25) is 0 Å². The Morgan fingerprint density at radius 3 is 1.82 bits per heavy atom. The Hall–Kier alpha value is -3.09. The minimum atomic E-state index is -3.71. The highest BCUT2D eigenvalue weighted by Crippen LogP contribution is 2.27. The fraction of sp³-hybridized carbons (Fsp3) is 0. The highest BCUT2D eigenvalue weighted by molar-refractivity contribution is 8.13. The fourth-order valence-corrected chi connectivity index (χ4v) is 3.53. The van der Waals surface area contributed by atoms with Crippen molar-refractivity contribution in [3.05, 3.63) is 91.5 Å². The molecule has 0 bridgehead atoms. The number of hydrogen-bond acceptors (Lipinski definition) is 4. The van der Waals surface area contributed by atoms with Crippen molar-refractivity contribution in [3.8, 4) is 28.3 Å². The molecule has 4 rings (SSSR count). The molecule has 7 heteroatoms. The lowest BCUT2D eigenvalue weighted by molar-refractivity contribution is 0.482. The van der Waals surface area contributed by atoms with E-state index in [-0.39, 0.29) is 4.90 Å². The number of hydrogen-bond donors (Lipinski definition) is 0. The Balaban J connectivity index is 1.47. The first-order chi connectivity index (χ1) is 13.5. The summed E-state index contributed by atoms with van der Waals surface area (Å²) in [5, 5.41) is 0. The normalized spacial score (nSPS) is 11.3. The smallest absolute Gasteiger partial charge is 0.261 e. The molecular formula is C21H15ClN2O3S. The van der Waals surface area contributed by atoms with E-state index in [0.717, 1.165) is 22.6 Å². The molecule has 0 atom stereocenters. The van der Waals surface area contributed by atoms with Crippen LogP contribution in [0.25, 0.3) is 16.8 Å². The maximum absolute atomic E-state index is 11.3. The zero-order chi connectivity index (χ0) is 19.6. The molecule has 0 N–H and O–H groups in total. The lowest BCUT2D eigenvalue weighted by atomic mass is 10.1. The van der Waals surface area contributed by atoms with Crippen molar-refractivity contribution >= 4 is 19.7 Å². The van der Waals surface area contributed by atoms with Gasteiger partial charge in [-0.15, -0.1) is 0 Å². The van der Waals surface area contributed by atoms with Crippen LogP contribution in [-0.4, -0.2) is 18.0 Å². The molecule has 5 nitrogen and oxygen atoms in total. The van der Waals surface area contributed by atoms with Crippen LogP contribution in [0.5, 0.6) is 11.5 Å². The van der Waals surface area contributed by atoms with Crippen LogP contribution in [0.15, 0.2) is 96.4 Å². The van der Waals surface area contributed by atoms with Crippen LogP contribution in [-0.2, 0) is 9.05 Å². The van der Waals surface area contributed by atoms with E-state index in [4.69, 9.17) is 15.4 Å². The molecule has 1 heterocycles. The van der Waals surface area contributed by atoms with Gasteiger partial charge in [0.2, 0.25) is 0 Å². The Morgan fingerprint density at radius 1 is 0.786 bits per heavy atom. The molecule has 0 aliphatic rings. The van der Waals surface area contributed by atoms with Gasteiger partial charge in [0.05, 0.1) is 11.2 Å². The lowest BCUT2D eigenvalue weighted by Gasteiger charge is -2.09. The van der Waals surface area contributed by atoms with Gasteiger partial charge < -0.3 is 9.30 Å². The summed E-state index contributed by atoms with van der Waals surface area (Å²) in [5.74, 6) is 1.44. The zero-order valence-electron chi connectivity index (χ0n) is 14.6. The molecule has 4 aromatic rings. The van der Waals surface area contributed by atoms with E-state index in [9.17, 15) is 8.42 Å². The van der Waals surface area contributed by atoms with Crippen molar-refractivity contribution in [2.24, 2.45) is 0 Å². The third-order valence-corrected chi connectivity index (χ3v) is 5.57. The largest absolute Gasteiger partial charge is 0.457 e. The fourth-order valence-electron chi connectivity index (χ4n) is 2.76. The van der Waals surface area contributed by atoms with Gasteiger partial charge in [0.15, 0.2) is 0 Å². The van der Waals surface area contributed by atoms with Crippen molar-refractivity contribution < 1.29 is 13.2 Å². The number of aromatic nitrogens is 2. The topological polar surface area (TPSA) is 61.2 Å². The van der Waals surface area contributed by atoms with Crippen LogP contribution in [0.2, 0.25) is 0 Å². The second-order valence-electron chi connectivity index (χ2n) is 6.05. The summed E-state index contributed by atoms with van der Waals surface area (Å²) in [4.78, 5) is 4.11. The van der Waals surface area contributed by atoms with Crippen molar-refractivity contribution in [2.75, 3.05) is 0 Å². The van der Waals surface area contributed by atoms with Crippen LogP contribution in [0.1, 0.15) is 0 Å². The third-order valence-electron chi connectivity index (χ3n) is 4.20. The first kappa shape index (κ1) is 18.3. The van der Waals surface area contributed by atoms with Gasteiger partial charge in [-0.1, -0.05) is 24.3 Å². The highest BCUT2D eigenvalue weighted by atomic mass is 35.7. The first-order valence-corrected chi connectivity index (χ1v) is 10.7.